The molecule has 1 aliphatic rings. The summed E-state index contributed by atoms with van der Waals surface area (Å²) in [6.07, 6.45) is 0.655. The lowest BCUT2D eigenvalue weighted by molar-refractivity contribution is -0.0309. The van der Waals surface area contributed by atoms with Gasteiger partial charge in [0.15, 0.2) is 0 Å². The molecular weight excluding hydrogens is 352 g/mol. The maximum absolute atomic E-state index is 12.5. The molecule has 2 heterocycles. The van der Waals surface area contributed by atoms with Gasteiger partial charge >= 0.3 is 6.09 Å². The Morgan fingerprint density at radius 2 is 1.79 bits per heavy atom. The highest BCUT2D eigenvalue weighted by Gasteiger charge is 2.33. The number of aryl methyl sites for hydroxylation is 2. The minimum atomic E-state index is -0.835. The van der Waals surface area contributed by atoms with Crippen LogP contribution in [0.4, 0.5) is 4.79 Å². The molecule has 2 unspecified atom stereocenters. The lowest BCUT2D eigenvalue weighted by atomic mass is 9.97. The summed E-state index contributed by atoms with van der Waals surface area (Å²) in [5.41, 5.74) is 4.53. The van der Waals surface area contributed by atoms with Crippen LogP contribution in [-0.4, -0.2) is 39.3 Å². The van der Waals surface area contributed by atoms with Crippen molar-refractivity contribution in [1.29, 1.82) is 0 Å². The van der Waals surface area contributed by atoms with Crippen molar-refractivity contribution in [2.24, 2.45) is 0 Å². The van der Waals surface area contributed by atoms with E-state index in [1.54, 1.807) is 18.7 Å². The van der Waals surface area contributed by atoms with Gasteiger partial charge in [0.1, 0.15) is 6.10 Å². The molecule has 5 nitrogen and oxygen atoms in total. The second-order valence-electron chi connectivity index (χ2n) is 8.44. The molecule has 0 aliphatic carbocycles. The normalized spacial score (nSPS) is 18.7. The van der Waals surface area contributed by atoms with Crippen LogP contribution in [0.5, 0.6) is 0 Å². The van der Waals surface area contributed by atoms with Gasteiger partial charge in [0.05, 0.1) is 11.6 Å². The van der Waals surface area contributed by atoms with Crippen LogP contribution in [0, 0.1) is 13.8 Å². The minimum absolute atomic E-state index is 0.0643. The summed E-state index contributed by atoms with van der Waals surface area (Å²) in [4.78, 5) is 18.7. The first kappa shape index (κ1) is 20.3. The molecule has 1 N–H and O–H groups in total. The molecule has 1 aromatic carbocycles. The molecule has 0 saturated carbocycles. The van der Waals surface area contributed by atoms with Gasteiger partial charge in [-0.15, -0.1) is 0 Å². The van der Waals surface area contributed by atoms with Crippen molar-refractivity contribution in [3.63, 3.8) is 0 Å². The molecule has 1 aromatic heterocycles. The Hall–Kier alpha value is -2.40. The van der Waals surface area contributed by atoms with Crippen molar-refractivity contribution >= 4 is 6.09 Å². The summed E-state index contributed by atoms with van der Waals surface area (Å²) in [6, 6.07) is 12.4. The summed E-state index contributed by atoms with van der Waals surface area (Å²) in [6.45, 7) is 10.1. The fraction of sp³-hybridized carbons (Fsp3) is 0.478. The summed E-state index contributed by atoms with van der Waals surface area (Å²) >= 11 is 0. The maximum atomic E-state index is 12.5. The van der Waals surface area contributed by atoms with E-state index in [1.165, 1.54) is 0 Å². The fourth-order valence-corrected chi connectivity index (χ4v) is 3.83. The number of ether oxygens (including phenoxy) is 1. The molecule has 2 aromatic rings. The molecule has 0 radical (unpaired) electrons. The van der Waals surface area contributed by atoms with E-state index in [0.29, 0.717) is 13.0 Å². The van der Waals surface area contributed by atoms with Gasteiger partial charge in [-0.1, -0.05) is 24.3 Å². The summed E-state index contributed by atoms with van der Waals surface area (Å²) in [5, 5.41) is 9.95. The quantitative estimate of drug-likeness (QED) is 0.807. The number of amides is 1. The Kier molecular flexibility index (Phi) is 5.75. The number of benzene rings is 1. The first-order chi connectivity index (χ1) is 13.1. The third-order valence-electron chi connectivity index (χ3n) is 5.20. The Morgan fingerprint density at radius 1 is 1.18 bits per heavy atom. The van der Waals surface area contributed by atoms with Crippen molar-refractivity contribution in [3.8, 4) is 11.1 Å². The monoisotopic (exact) mass is 382 g/mol. The topological polar surface area (TPSA) is 62.7 Å². The molecule has 0 bridgehead atoms. The Labute approximate surface area is 167 Å². The van der Waals surface area contributed by atoms with Gasteiger partial charge in [0.2, 0.25) is 0 Å². The van der Waals surface area contributed by atoms with Crippen molar-refractivity contribution in [3.05, 3.63) is 53.3 Å². The van der Waals surface area contributed by atoms with Gasteiger partial charge in [-0.3, -0.25) is 4.98 Å². The maximum Gasteiger partial charge on any atom is 0.410 e. The number of carbonyl (C=O) groups is 1. The molecule has 1 fully saturated rings. The second-order valence-corrected chi connectivity index (χ2v) is 8.44. The fourth-order valence-electron chi connectivity index (χ4n) is 3.83. The van der Waals surface area contributed by atoms with Crippen LogP contribution < -0.4 is 0 Å². The first-order valence-corrected chi connectivity index (χ1v) is 9.87. The van der Waals surface area contributed by atoms with Crippen LogP contribution in [0.2, 0.25) is 0 Å². The molecule has 5 heteroatoms. The van der Waals surface area contributed by atoms with E-state index in [-0.39, 0.29) is 18.2 Å². The zero-order valence-corrected chi connectivity index (χ0v) is 17.4. The van der Waals surface area contributed by atoms with E-state index in [0.717, 1.165) is 34.5 Å². The van der Waals surface area contributed by atoms with Crippen LogP contribution in [0.15, 0.2) is 36.4 Å². The molecule has 0 spiro atoms. The Morgan fingerprint density at radius 3 is 2.32 bits per heavy atom. The summed E-state index contributed by atoms with van der Waals surface area (Å²) in [7, 11) is 0. The smallest absolute Gasteiger partial charge is 0.410 e. The van der Waals surface area contributed by atoms with Gasteiger partial charge in [-0.25, -0.2) is 4.79 Å². The van der Waals surface area contributed by atoms with E-state index in [2.05, 4.69) is 41.4 Å². The van der Waals surface area contributed by atoms with Crippen molar-refractivity contribution in [2.75, 3.05) is 6.54 Å². The van der Waals surface area contributed by atoms with E-state index in [9.17, 15) is 9.90 Å². The molecule has 1 saturated heterocycles. The molecule has 3 rings (SSSR count). The summed E-state index contributed by atoms with van der Waals surface area (Å²) in [5.74, 6) is 0. The van der Waals surface area contributed by atoms with Gasteiger partial charge in [0, 0.05) is 30.8 Å². The number of rotatable bonds is 5. The van der Waals surface area contributed by atoms with Gasteiger partial charge in [-0.2, -0.15) is 0 Å². The number of aliphatic hydroxyl groups is 1. The Bertz CT molecular complexity index is 820. The largest absolute Gasteiger partial charge is 0.446 e. The Balaban J connectivity index is 1.69. The number of carbonyl (C=O) groups excluding carboxylic acids is 1. The third kappa shape index (κ3) is 4.90. The zero-order chi connectivity index (χ0) is 20.5. The lowest BCUT2D eigenvalue weighted by Crippen LogP contribution is -2.45. The predicted octanol–water partition coefficient (Wildman–Crippen LogP) is 4.80. The SMILES string of the molecule is Cc1cc(-c2ccc(C(C)N3CCC(CC(C)(C)O)OC3=O)cc2)cc(C)n1. The standard InChI is InChI=1S/C23H30N2O3/c1-15-12-20(13-16(2)24-15)19-8-6-18(7-9-19)17(3)25-11-10-21(28-22(25)26)14-23(4,5)27/h6-9,12-13,17,21,27H,10-11,14H2,1-5H3. The highest BCUT2D eigenvalue weighted by Crippen LogP contribution is 2.29. The molecule has 1 amide bonds. The van der Waals surface area contributed by atoms with Gasteiger partial charge in [-0.05, 0) is 63.4 Å². The number of cyclic esters (lactones) is 1. The lowest BCUT2D eigenvalue weighted by Gasteiger charge is -2.37. The molecule has 150 valence electrons. The van der Waals surface area contributed by atoms with Crippen LogP contribution in [0.1, 0.15) is 56.6 Å². The van der Waals surface area contributed by atoms with E-state index < -0.39 is 5.60 Å². The van der Waals surface area contributed by atoms with E-state index in [1.807, 2.05) is 20.8 Å². The molecular formula is C23H30N2O3. The van der Waals surface area contributed by atoms with Gasteiger partial charge < -0.3 is 14.7 Å². The van der Waals surface area contributed by atoms with Crippen LogP contribution in [0.3, 0.4) is 0 Å². The predicted molar refractivity (Wildman–Crippen MR) is 110 cm³/mol. The number of hydrogen-bond acceptors (Lipinski definition) is 4. The molecule has 1 aliphatic heterocycles. The summed E-state index contributed by atoms with van der Waals surface area (Å²) < 4.78 is 5.56. The average Bonchev–Trinajstić information content (AvgIpc) is 2.59. The van der Waals surface area contributed by atoms with Crippen LogP contribution in [-0.2, 0) is 4.74 Å². The van der Waals surface area contributed by atoms with Crippen LogP contribution in [0.25, 0.3) is 11.1 Å². The zero-order valence-electron chi connectivity index (χ0n) is 17.4. The number of hydrogen-bond donors (Lipinski definition) is 1. The van der Waals surface area contributed by atoms with Crippen molar-refractivity contribution in [2.45, 2.75) is 65.2 Å². The van der Waals surface area contributed by atoms with E-state index in [4.69, 9.17) is 4.74 Å². The van der Waals surface area contributed by atoms with Crippen LogP contribution >= 0.6 is 0 Å². The van der Waals surface area contributed by atoms with Crippen molar-refractivity contribution < 1.29 is 14.6 Å². The highest BCUT2D eigenvalue weighted by molar-refractivity contribution is 5.69. The highest BCUT2D eigenvalue weighted by atomic mass is 16.6. The second kappa shape index (κ2) is 7.92. The molecule has 28 heavy (non-hydrogen) atoms. The molecule has 2 atom stereocenters. The number of nitrogens with zero attached hydrogens (tertiary/aromatic N) is 2. The average molecular weight is 383 g/mol. The number of aromatic nitrogens is 1. The van der Waals surface area contributed by atoms with E-state index >= 15 is 0 Å². The first-order valence-electron chi connectivity index (χ1n) is 9.87. The number of pyridine rings is 1. The third-order valence-corrected chi connectivity index (χ3v) is 5.20. The van der Waals surface area contributed by atoms with Crippen molar-refractivity contribution in [1.82, 2.24) is 9.88 Å². The van der Waals surface area contributed by atoms with Gasteiger partial charge in [0.25, 0.3) is 0 Å². The minimum Gasteiger partial charge on any atom is -0.446 e.